The first-order chi connectivity index (χ1) is 6.18. The Hall–Kier alpha value is -1.23. The second kappa shape index (κ2) is 2.92. The monoisotopic (exact) mass is 197 g/mol. The first kappa shape index (κ1) is 8.37. The van der Waals surface area contributed by atoms with E-state index in [1.807, 2.05) is 0 Å². The van der Waals surface area contributed by atoms with Gasteiger partial charge in [0.05, 0.1) is 5.01 Å². The summed E-state index contributed by atoms with van der Waals surface area (Å²) in [6, 6.07) is 0. The molecule has 0 unspecified atom stereocenters. The molecule has 1 saturated carbocycles. The summed E-state index contributed by atoms with van der Waals surface area (Å²) in [6.45, 7) is 0. The van der Waals surface area contributed by atoms with Crippen LogP contribution in [0.4, 0.5) is 0 Å². The number of hydrogen-bond donors (Lipinski definition) is 1. The van der Waals surface area contributed by atoms with Crippen molar-refractivity contribution in [1.29, 1.82) is 0 Å². The maximum absolute atomic E-state index is 10.9. The summed E-state index contributed by atoms with van der Waals surface area (Å²) >= 11 is 1.37. The smallest absolute Gasteiger partial charge is 0.378 e. The minimum absolute atomic E-state index is 0.0689. The number of ketones is 1. The molecule has 0 amide bonds. The Morgan fingerprint density at radius 2 is 2.23 bits per heavy atom. The van der Waals surface area contributed by atoms with Crippen molar-refractivity contribution in [2.45, 2.75) is 18.8 Å². The molecular weight excluding hydrogens is 190 g/mol. The van der Waals surface area contributed by atoms with Gasteiger partial charge in [-0.05, 0) is 12.8 Å². The Labute approximate surface area is 78.2 Å². The lowest BCUT2D eigenvalue weighted by molar-refractivity contribution is -0.131. The molecule has 1 aromatic rings. The Kier molecular flexibility index (Phi) is 1.88. The van der Waals surface area contributed by atoms with E-state index < -0.39 is 11.8 Å². The van der Waals surface area contributed by atoms with Crippen LogP contribution in [0.1, 0.15) is 34.3 Å². The third kappa shape index (κ3) is 1.60. The number of carboxylic acid groups (broad SMARTS) is 1. The highest BCUT2D eigenvalue weighted by atomic mass is 32.1. The summed E-state index contributed by atoms with van der Waals surface area (Å²) < 4.78 is 0. The number of carboxylic acids is 1. The van der Waals surface area contributed by atoms with Crippen molar-refractivity contribution in [3.8, 4) is 0 Å². The number of aliphatic carboxylic acids is 1. The largest absolute Gasteiger partial charge is 0.475 e. The fourth-order valence-electron chi connectivity index (χ4n) is 1.02. The molecule has 1 aliphatic carbocycles. The van der Waals surface area contributed by atoms with Crippen LogP contribution in [0, 0.1) is 0 Å². The molecule has 0 radical (unpaired) electrons. The van der Waals surface area contributed by atoms with Gasteiger partial charge in [-0.2, -0.15) is 0 Å². The highest BCUT2D eigenvalue weighted by Crippen LogP contribution is 2.41. The van der Waals surface area contributed by atoms with Crippen LogP contribution in [0.5, 0.6) is 0 Å². The zero-order valence-electron chi connectivity index (χ0n) is 6.69. The number of carbonyl (C=O) groups excluding carboxylic acids is 1. The van der Waals surface area contributed by atoms with Crippen molar-refractivity contribution in [2.24, 2.45) is 0 Å². The summed E-state index contributed by atoms with van der Waals surface area (Å²) in [4.78, 5) is 25.2. The van der Waals surface area contributed by atoms with Crippen molar-refractivity contribution >= 4 is 23.1 Å². The number of nitrogens with zero attached hydrogens (tertiary/aromatic N) is 1. The third-order valence-electron chi connectivity index (χ3n) is 1.88. The predicted octanol–water partition coefficient (Wildman–Crippen LogP) is 1.29. The van der Waals surface area contributed by atoms with Gasteiger partial charge in [-0.15, -0.1) is 11.3 Å². The molecule has 5 heteroatoms. The van der Waals surface area contributed by atoms with Crippen LogP contribution >= 0.6 is 11.3 Å². The van der Waals surface area contributed by atoms with Crippen LogP contribution in [-0.2, 0) is 4.79 Å². The van der Waals surface area contributed by atoms with E-state index in [0.29, 0.717) is 5.92 Å². The van der Waals surface area contributed by atoms with Crippen LogP contribution in [0.2, 0.25) is 0 Å². The fourth-order valence-corrected chi connectivity index (χ4v) is 1.99. The molecule has 13 heavy (non-hydrogen) atoms. The molecule has 0 aliphatic heterocycles. The van der Waals surface area contributed by atoms with Crippen molar-refractivity contribution in [3.05, 3.63) is 16.1 Å². The van der Waals surface area contributed by atoms with E-state index in [4.69, 9.17) is 5.11 Å². The Bertz CT molecular complexity index is 367. The quantitative estimate of drug-likeness (QED) is 0.585. The maximum atomic E-state index is 10.9. The number of hydrogen-bond acceptors (Lipinski definition) is 4. The molecular formula is C8H7NO3S. The summed E-state index contributed by atoms with van der Waals surface area (Å²) in [5.41, 5.74) is 0.0689. The zero-order chi connectivity index (χ0) is 9.42. The molecule has 1 aromatic heterocycles. The van der Waals surface area contributed by atoms with Gasteiger partial charge in [0.15, 0.2) is 0 Å². The van der Waals surface area contributed by atoms with Crippen LogP contribution < -0.4 is 0 Å². The van der Waals surface area contributed by atoms with E-state index >= 15 is 0 Å². The Balaban J connectivity index is 2.21. The second-order valence-electron chi connectivity index (χ2n) is 2.98. The van der Waals surface area contributed by atoms with Gasteiger partial charge in [0, 0.05) is 11.3 Å². The lowest BCUT2D eigenvalue weighted by atomic mass is 10.3. The molecule has 0 saturated heterocycles. The van der Waals surface area contributed by atoms with Gasteiger partial charge < -0.3 is 5.11 Å². The van der Waals surface area contributed by atoms with Gasteiger partial charge in [-0.25, -0.2) is 9.78 Å². The van der Waals surface area contributed by atoms with Gasteiger partial charge in [0.25, 0.3) is 5.78 Å². The van der Waals surface area contributed by atoms with Gasteiger partial charge in [-0.1, -0.05) is 0 Å². The molecule has 68 valence electrons. The Morgan fingerprint density at radius 1 is 1.54 bits per heavy atom. The molecule has 0 spiro atoms. The molecule has 0 aromatic carbocycles. The number of rotatable bonds is 3. The van der Waals surface area contributed by atoms with E-state index in [1.54, 1.807) is 0 Å². The Morgan fingerprint density at radius 3 is 2.77 bits per heavy atom. The number of carbonyl (C=O) groups is 2. The minimum atomic E-state index is -1.44. The molecule has 0 bridgehead atoms. The SMILES string of the molecule is O=C(O)C(=O)c1csc(C2CC2)n1. The minimum Gasteiger partial charge on any atom is -0.475 e. The summed E-state index contributed by atoms with van der Waals surface area (Å²) in [5, 5.41) is 10.8. The lowest BCUT2D eigenvalue weighted by Crippen LogP contribution is -2.12. The molecule has 2 rings (SSSR count). The third-order valence-corrected chi connectivity index (χ3v) is 2.88. The highest BCUT2D eigenvalue weighted by Gasteiger charge is 2.28. The van der Waals surface area contributed by atoms with E-state index in [0.717, 1.165) is 17.8 Å². The van der Waals surface area contributed by atoms with Gasteiger partial charge in [0.2, 0.25) is 0 Å². The van der Waals surface area contributed by atoms with Gasteiger partial charge in [0.1, 0.15) is 5.69 Å². The van der Waals surface area contributed by atoms with E-state index in [9.17, 15) is 9.59 Å². The van der Waals surface area contributed by atoms with Crippen molar-refractivity contribution < 1.29 is 14.7 Å². The van der Waals surface area contributed by atoms with Crippen LogP contribution in [-0.4, -0.2) is 21.8 Å². The van der Waals surface area contributed by atoms with Gasteiger partial charge in [-0.3, -0.25) is 4.79 Å². The number of aromatic nitrogens is 1. The van der Waals surface area contributed by atoms with Crippen molar-refractivity contribution in [2.75, 3.05) is 0 Å². The first-order valence-corrected chi connectivity index (χ1v) is 4.79. The van der Waals surface area contributed by atoms with Crippen LogP contribution in [0.15, 0.2) is 5.38 Å². The standard InChI is InChI=1S/C8H7NO3S/c10-6(8(11)12)5-3-13-7(9-5)4-1-2-4/h3-4H,1-2H2,(H,11,12). The number of Topliss-reactive ketones (excluding diaryl/α,β-unsaturated/α-hetero) is 1. The van der Waals surface area contributed by atoms with E-state index in [2.05, 4.69) is 4.98 Å². The average Bonchev–Trinajstić information content (AvgIpc) is 2.83. The second-order valence-corrected chi connectivity index (χ2v) is 3.87. The molecule has 4 nitrogen and oxygen atoms in total. The van der Waals surface area contributed by atoms with E-state index in [1.165, 1.54) is 16.7 Å². The van der Waals surface area contributed by atoms with Crippen LogP contribution in [0.3, 0.4) is 0 Å². The molecule has 1 N–H and O–H groups in total. The van der Waals surface area contributed by atoms with E-state index in [-0.39, 0.29) is 5.69 Å². The van der Waals surface area contributed by atoms with Crippen LogP contribution in [0.25, 0.3) is 0 Å². The summed E-state index contributed by atoms with van der Waals surface area (Å²) in [7, 11) is 0. The molecule has 1 heterocycles. The molecule has 1 aliphatic rings. The van der Waals surface area contributed by atoms with Crippen molar-refractivity contribution in [3.63, 3.8) is 0 Å². The van der Waals surface area contributed by atoms with Crippen molar-refractivity contribution in [1.82, 2.24) is 4.98 Å². The lowest BCUT2D eigenvalue weighted by Gasteiger charge is -1.87. The fraction of sp³-hybridized carbons (Fsp3) is 0.375. The maximum Gasteiger partial charge on any atom is 0.378 e. The zero-order valence-corrected chi connectivity index (χ0v) is 7.50. The summed E-state index contributed by atoms with van der Waals surface area (Å²) in [6.07, 6.45) is 2.21. The van der Waals surface area contributed by atoms with Gasteiger partial charge >= 0.3 is 5.97 Å². The summed E-state index contributed by atoms with van der Waals surface area (Å²) in [5.74, 6) is -1.88. The topological polar surface area (TPSA) is 67.3 Å². The highest BCUT2D eigenvalue weighted by molar-refractivity contribution is 7.10. The average molecular weight is 197 g/mol. The number of thiazole rings is 1. The predicted molar refractivity (Wildman–Crippen MR) is 46.1 cm³/mol. The molecule has 0 atom stereocenters. The first-order valence-electron chi connectivity index (χ1n) is 3.91. The molecule has 1 fully saturated rings. The normalized spacial score (nSPS) is 15.7.